The minimum absolute atomic E-state index is 0.610. The van der Waals surface area contributed by atoms with Gasteiger partial charge in [-0.3, -0.25) is 0 Å². The Bertz CT molecular complexity index is 382. The van der Waals surface area contributed by atoms with Gasteiger partial charge >= 0.3 is 0 Å². The third kappa shape index (κ3) is 3.57. The van der Waals surface area contributed by atoms with E-state index in [1.54, 1.807) is 7.05 Å². The van der Waals surface area contributed by atoms with Crippen molar-refractivity contribution in [2.24, 2.45) is 0 Å². The van der Waals surface area contributed by atoms with Crippen LogP contribution in [0.5, 0.6) is 0 Å². The highest BCUT2D eigenvalue weighted by Crippen LogP contribution is 2.18. The fourth-order valence-corrected chi connectivity index (χ4v) is 2.26. The zero-order valence-corrected chi connectivity index (χ0v) is 11.6. The zero-order chi connectivity index (χ0) is 12.8. The van der Waals surface area contributed by atoms with Crippen LogP contribution in [0.1, 0.15) is 25.7 Å². The van der Waals surface area contributed by atoms with E-state index in [9.17, 15) is 0 Å². The Morgan fingerprint density at radius 3 is 2.50 bits per heavy atom. The van der Waals surface area contributed by atoms with Crippen molar-refractivity contribution >= 4 is 28.8 Å². The van der Waals surface area contributed by atoms with Gasteiger partial charge in [-0.15, -0.1) is 0 Å². The molecule has 1 aliphatic heterocycles. The first-order valence-electron chi connectivity index (χ1n) is 6.49. The van der Waals surface area contributed by atoms with Gasteiger partial charge in [-0.1, -0.05) is 12.8 Å². The fourth-order valence-electron chi connectivity index (χ4n) is 2.14. The molecule has 0 bridgehead atoms. The molecule has 0 unspecified atom stereocenters. The second-order valence-electron chi connectivity index (χ2n) is 4.51. The summed E-state index contributed by atoms with van der Waals surface area (Å²) in [5, 5.41) is 6.57. The summed E-state index contributed by atoms with van der Waals surface area (Å²) in [5.74, 6) is 1.07. The van der Waals surface area contributed by atoms with E-state index in [1.165, 1.54) is 25.7 Å². The molecule has 0 saturated carbocycles. The maximum Gasteiger partial charge on any atom is 0.170 e. The van der Waals surface area contributed by atoms with Crippen LogP contribution in [0.4, 0.5) is 11.5 Å². The van der Waals surface area contributed by atoms with Gasteiger partial charge in [-0.05, 0) is 37.2 Å². The molecule has 2 rings (SSSR count). The van der Waals surface area contributed by atoms with Crippen LogP contribution in [-0.2, 0) is 0 Å². The monoisotopic (exact) mass is 264 g/mol. The van der Waals surface area contributed by atoms with Crippen molar-refractivity contribution in [2.75, 3.05) is 30.4 Å². The van der Waals surface area contributed by atoms with E-state index in [0.717, 1.165) is 24.6 Å². The van der Waals surface area contributed by atoms with E-state index in [-0.39, 0.29) is 0 Å². The predicted molar refractivity (Wildman–Crippen MR) is 80.2 cm³/mol. The number of pyridine rings is 1. The van der Waals surface area contributed by atoms with Crippen molar-refractivity contribution in [3.05, 3.63) is 18.3 Å². The summed E-state index contributed by atoms with van der Waals surface area (Å²) in [5.41, 5.74) is 0.924. The minimum Gasteiger partial charge on any atom is -0.366 e. The molecule has 1 fully saturated rings. The normalized spacial score (nSPS) is 15.9. The summed E-state index contributed by atoms with van der Waals surface area (Å²) in [4.78, 5) is 6.88. The molecular weight excluding hydrogens is 244 g/mol. The molecule has 1 saturated heterocycles. The van der Waals surface area contributed by atoms with Gasteiger partial charge in [0.1, 0.15) is 5.82 Å². The van der Waals surface area contributed by atoms with Crippen LogP contribution in [0.25, 0.3) is 0 Å². The number of anilines is 2. The van der Waals surface area contributed by atoms with Crippen molar-refractivity contribution in [3.8, 4) is 0 Å². The van der Waals surface area contributed by atoms with E-state index in [4.69, 9.17) is 12.2 Å². The summed E-state index contributed by atoms with van der Waals surface area (Å²) in [6, 6.07) is 4.09. The highest BCUT2D eigenvalue weighted by molar-refractivity contribution is 7.80. The molecule has 2 N–H and O–H groups in total. The molecule has 0 aliphatic carbocycles. The smallest absolute Gasteiger partial charge is 0.170 e. The first-order valence-corrected chi connectivity index (χ1v) is 6.90. The Morgan fingerprint density at radius 2 is 1.94 bits per heavy atom. The minimum atomic E-state index is 0.610. The quantitative estimate of drug-likeness (QED) is 0.803. The summed E-state index contributed by atoms with van der Waals surface area (Å²) in [6.45, 7) is 2.24. The lowest BCUT2D eigenvalue weighted by Gasteiger charge is -2.21. The van der Waals surface area contributed by atoms with Crippen LogP contribution >= 0.6 is 12.2 Å². The van der Waals surface area contributed by atoms with Crippen LogP contribution in [0, 0.1) is 0 Å². The lowest BCUT2D eigenvalue weighted by molar-refractivity contribution is 0.726. The second kappa shape index (κ2) is 6.54. The maximum atomic E-state index is 5.05. The van der Waals surface area contributed by atoms with Gasteiger partial charge < -0.3 is 15.5 Å². The van der Waals surface area contributed by atoms with Crippen LogP contribution in [0.2, 0.25) is 0 Å². The molecule has 0 radical (unpaired) electrons. The molecule has 0 amide bonds. The summed E-state index contributed by atoms with van der Waals surface area (Å²) in [7, 11) is 1.80. The molecule has 0 spiro atoms. The van der Waals surface area contributed by atoms with Crippen LogP contribution in [0.3, 0.4) is 0 Å². The Kier molecular flexibility index (Phi) is 4.75. The summed E-state index contributed by atoms with van der Waals surface area (Å²) in [6.07, 6.45) is 7.06. The van der Waals surface area contributed by atoms with Gasteiger partial charge in [0.25, 0.3) is 0 Å². The van der Waals surface area contributed by atoms with Crippen molar-refractivity contribution < 1.29 is 0 Å². The number of aromatic nitrogens is 1. The van der Waals surface area contributed by atoms with Crippen molar-refractivity contribution in [1.29, 1.82) is 0 Å². The number of thiocarbonyl (C=S) groups is 1. The molecule has 1 aromatic heterocycles. The highest BCUT2D eigenvalue weighted by atomic mass is 32.1. The standard InChI is InChI=1S/C13H20N4S/c1-14-13(18)16-11-6-7-12(15-10-11)17-8-4-2-3-5-9-17/h6-7,10H,2-5,8-9H2,1H3,(H2,14,16,18). The molecule has 1 aromatic rings. The first kappa shape index (κ1) is 13.1. The fraction of sp³-hybridized carbons (Fsp3) is 0.538. The van der Waals surface area contributed by atoms with Crippen LogP contribution in [0.15, 0.2) is 18.3 Å². The van der Waals surface area contributed by atoms with Crippen molar-refractivity contribution in [3.63, 3.8) is 0 Å². The van der Waals surface area contributed by atoms with Crippen molar-refractivity contribution in [1.82, 2.24) is 10.3 Å². The molecular formula is C13H20N4S. The van der Waals surface area contributed by atoms with Gasteiger partial charge in [0.2, 0.25) is 0 Å². The average molecular weight is 264 g/mol. The van der Waals surface area contributed by atoms with Crippen molar-refractivity contribution in [2.45, 2.75) is 25.7 Å². The number of hydrogen-bond acceptors (Lipinski definition) is 3. The molecule has 98 valence electrons. The third-order valence-electron chi connectivity index (χ3n) is 3.16. The maximum absolute atomic E-state index is 5.05. The summed E-state index contributed by atoms with van der Waals surface area (Å²) < 4.78 is 0. The largest absolute Gasteiger partial charge is 0.366 e. The Hall–Kier alpha value is -1.36. The van der Waals surface area contributed by atoms with E-state index >= 15 is 0 Å². The van der Waals surface area contributed by atoms with Gasteiger partial charge in [0.05, 0.1) is 11.9 Å². The molecule has 2 heterocycles. The Labute approximate surface area is 114 Å². The summed E-state index contributed by atoms with van der Waals surface area (Å²) >= 11 is 5.05. The molecule has 1 aliphatic rings. The number of rotatable bonds is 2. The Balaban J connectivity index is 1.99. The van der Waals surface area contributed by atoms with Gasteiger partial charge in [0.15, 0.2) is 5.11 Å². The van der Waals surface area contributed by atoms with Crippen LogP contribution < -0.4 is 15.5 Å². The van der Waals surface area contributed by atoms with Gasteiger partial charge in [-0.25, -0.2) is 4.98 Å². The number of hydrogen-bond donors (Lipinski definition) is 2. The molecule has 0 aromatic carbocycles. The van der Waals surface area contributed by atoms with E-state index in [1.807, 2.05) is 12.3 Å². The van der Waals surface area contributed by atoms with Gasteiger partial charge in [0, 0.05) is 20.1 Å². The lowest BCUT2D eigenvalue weighted by Crippen LogP contribution is -2.26. The molecule has 18 heavy (non-hydrogen) atoms. The zero-order valence-electron chi connectivity index (χ0n) is 10.8. The lowest BCUT2D eigenvalue weighted by atomic mass is 10.2. The molecule has 4 nitrogen and oxygen atoms in total. The number of nitrogens with zero attached hydrogens (tertiary/aromatic N) is 2. The van der Waals surface area contributed by atoms with Crippen LogP contribution in [-0.4, -0.2) is 30.2 Å². The highest BCUT2D eigenvalue weighted by Gasteiger charge is 2.10. The van der Waals surface area contributed by atoms with E-state index in [2.05, 4.69) is 26.6 Å². The number of nitrogens with one attached hydrogen (secondary N) is 2. The predicted octanol–water partition coefficient (Wildman–Crippen LogP) is 2.38. The molecule has 0 atom stereocenters. The van der Waals surface area contributed by atoms with E-state index < -0.39 is 0 Å². The third-order valence-corrected chi connectivity index (χ3v) is 3.47. The second-order valence-corrected chi connectivity index (χ2v) is 4.92. The average Bonchev–Trinajstić information content (AvgIpc) is 2.68. The molecule has 5 heteroatoms. The first-order chi connectivity index (χ1) is 8.79. The topological polar surface area (TPSA) is 40.2 Å². The Morgan fingerprint density at radius 1 is 1.22 bits per heavy atom. The van der Waals surface area contributed by atoms with E-state index in [0.29, 0.717) is 5.11 Å². The SMILES string of the molecule is CNC(=S)Nc1ccc(N2CCCCCC2)nc1. The van der Waals surface area contributed by atoms with Gasteiger partial charge in [-0.2, -0.15) is 0 Å².